The highest BCUT2D eigenvalue weighted by Gasteiger charge is 2.34. The molecule has 0 rings (SSSR count). The van der Waals surface area contributed by atoms with E-state index in [0.29, 0.717) is 6.42 Å². The van der Waals surface area contributed by atoms with Crippen LogP contribution in [0.5, 0.6) is 0 Å². The van der Waals surface area contributed by atoms with E-state index in [2.05, 4.69) is 16.0 Å². The first kappa shape index (κ1) is 25.7. The summed E-state index contributed by atoms with van der Waals surface area (Å²) in [5.74, 6) is -4.49. The third-order valence-electron chi connectivity index (χ3n) is 4.19. The van der Waals surface area contributed by atoms with E-state index in [0.717, 1.165) is 0 Å². The van der Waals surface area contributed by atoms with Gasteiger partial charge >= 0.3 is 5.97 Å². The molecule has 0 saturated heterocycles. The van der Waals surface area contributed by atoms with E-state index in [1.165, 1.54) is 6.92 Å². The average Bonchev–Trinajstić information content (AvgIpc) is 2.65. The SMILES string of the molecule is CC[C@H](C)[C@H](NC(=O)[C@@H](NC(=O)[C@@H](N)CO)[C@@H](C)O)C(=O)N[C@@H](CO)C(=O)O. The largest absolute Gasteiger partial charge is 0.480 e. The van der Waals surface area contributed by atoms with E-state index in [1.807, 2.05) is 0 Å². The van der Waals surface area contributed by atoms with Crippen LogP contribution in [-0.4, -0.2) is 87.6 Å². The van der Waals surface area contributed by atoms with Gasteiger partial charge in [0.2, 0.25) is 17.7 Å². The number of aliphatic carboxylic acids is 1. The molecule has 6 atom stereocenters. The number of carboxylic acid groups (broad SMARTS) is 1. The smallest absolute Gasteiger partial charge is 0.328 e. The summed E-state index contributed by atoms with van der Waals surface area (Å²) in [7, 11) is 0. The molecule has 0 aromatic carbocycles. The van der Waals surface area contributed by atoms with Crippen LogP contribution in [0.4, 0.5) is 0 Å². The first-order chi connectivity index (χ1) is 13.0. The molecule has 0 bridgehead atoms. The summed E-state index contributed by atoms with van der Waals surface area (Å²) >= 11 is 0. The van der Waals surface area contributed by atoms with Gasteiger partial charge in [-0.05, 0) is 12.8 Å². The number of nitrogens with two attached hydrogens (primary N) is 1. The van der Waals surface area contributed by atoms with Gasteiger partial charge in [0.1, 0.15) is 24.2 Å². The van der Waals surface area contributed by atoms with Crippen LogP contribution in [0.2, 0.25) is 0 Å². The zero-order chi connectivity index (χ0) is 22.0. The average molecular weight is 406 g/mol. The molecule has 162 valence electrons. The first-order valence-electron chi connectivity index (χ1n) is 8.79. The lowest BCUT2D eigenvalue weighted by atomic mass is 9.97. The highest BCUT2D eigenvalue weighted by Crippen LogP contribution is 2.09. The van der Waals surface area contributed by atoms with Crippen molar-refractivity contribution in [3.63, 3.8) is 0 Å². The van der Waals surface area contributed by atoms with Gasteiger partial charge in [-0.1, -0.05) is 20.3 Å². The van der Waals surface area contributed by atoms with Crippen molar-refractivity contribution < 1.29 is 39.6 Å². The number of carboxylic acids is 1. The second-order valence-corrected chi connectivity index (χ2v) is 6.47. The molecule has 0 aliphatic carbocycles. The summed E-state index contributed by atoms with van der Waals surface area (Å²) < 4.78 is 0. The van der Waals surface area contributed by atoms with Crippen LogP contribution in [0.25, 0.3) is 0 Å². The van der Waals surface area contributed by atoms with Crippen molar-refractivity contribution >= 4 is 23.7 Å². The molecule has 0 fully saturated rings. The highest BCUT2D eigenvalue weighted by atomic mass is 16.4. The predicted octanol–water partition coefficient (Wildman–Crippen LogP) is -3.74. The van der Waals surface area contributed by atoms with Crippen LogP contribution in [0.15, 0.2) is 0 Å². The molecule has 0 aromatic rings. The molecule has 3 amide bonds. The second-order valence-electron chi connectivity index (χ2n) is 6.47. The van der Waals surface area contributed by atoms with Gasteiger partial charge in [-0.3, -0.25) is 14.4 Å². The van der Waals surface area contributed by atoms with Crippen LogP contribution in [-0.2, 0) is 19.2 Å². The van der Waals surface area contributed by atoms with E-state index in [9.17, 15) is 24.3 Å². The zero-order valence-electron chi connectivity index (χ0n) is 16.1. The maximum absolute atomic E-state index is 12.5. The van der Waals surface area contributed by atoms with Gasteiger partial charge in [-0.2, -0.15) is 0 Å². The minimum Gasteiger partial charge on any atom is -0.480 e. The van der Waals surface area contributed by atoms with E-state index in [-0.39, 0.29) is 0 Å². The summed E-state index contributed by atoms with van der Waals surface area (Å²) in [5.41, 5.74) is 5.36. The van der Waals surface area contributed by atoms with E-state index < -0.39 is 73.1 Å². The monoisotopic (exact) mass is 406 g/mol. The Balaban J connectivity index is 5.37. The minimum absolute atomic E-state index is 0.429. The molecule has 9 N–H and O–H groups in total. The van der Waals surface area contributed by atoms with Crippen molar-refractivity contribution in [2.75, 3.05) is 13.2 Å². The van der Waals surface area contributed by atoms with Crippen LogP contribution in [0.1, 0.15) is 27.2 Å². The summed E-state index contributed by atoms with van der Waals surface area (Å²) in [4.78, 5) is 47.7. The van der Waals surface area contributed by atoms with Gasteiger partial charge in [0.25, 0.3) is 0 Å². The van der Waals surface area contributed by atoms with Crippen LogP contribution < -0.4 is 21.7 Å². The molecule has 0 spiro atoms. The van der Waals surface area contributed by atoms with E-state index in [1.54, 1.807) is 13.8 Å². The van der Waals surface area contributed by atoms with Crippen LogP contribution >= 0.6 is 0 Å². The van der Waals surface area contributed by atoms with Crippen molar-refractivity contribution in [1.82, 2.24) is 16.0 Å². The molecular weight excluding hydrogens is 376 g/mol. The lowest BCUT2D eigenvalue weighted by Crippen LogP contribution is -2.61. The summed E-state index contributed by atoms with van der Waals surface area (Å²) in [5, 5.41) is 43.4. The number of rotatable bonds is 12. The Morgan fingerprint density at radius 3 is 1.79 bits per heavy atom. The Hall–Kier alpha value is -2.28. The molecule has 0 saturated carbocycles. The number of carbonyl (C=O) groups excluding carboxylic acids is 3. The Labute approximate surface area is 162 Å². The standard InChI is InChI=1S/C16H30N4O8/c1-4-7(2)11(14(25)18-10(6-22)16(27)28)19-15(26)12(8(3)23)20-13(24)9(17)5-21/h7-12,21-23H,4-6,17H2,1-3H3,(H,18,25)(H,19,26)(H,20,24)(H,27,28)/t7-,8+,9-,10-,11-,12-/m0/s1. The lowest BCUT2D eigenvalue weighted by Gasteiger charge is -2.28. The minimum atomic E-state index is -1.55. The molecule has 12 nitrogen and oxygen atoms in total. The number of nitrogens with one attached hydrogen (secondary N) is 3. The van der Waals surface area contributed by atoms with Crippen molar-refractivity contribution in [2.24, 2.45) is 11.7 Å². The number of carbonyl (C=O) groups is 4. The Morgan fingerprint density at radius 2 is 1.39 bits per heavy atom. The quantitative estimate of drug-likeness (QED) is 0.160. The summed E-state index contributed by atoms with van der Waals surface area (Å²) in [6.45, 7) is 3.10. The van der Waals surface area contributed by atoms with Gasteiger partial charge in [0, 0.05) is 0 Å². The Bertz CT molecular complexity index is 557. The highest BCUT2D eigenvalue weighted by molar-refractivity contribution is 5.94. The van der Waals surface area contributed by atoms with Gasteiger partial charge < -0.3 is 42.1 Å². The molecular formula is C16H30N4O8. The van der Waals surface area contributed by atoms with Crippen molar-refractivity contribution in [3.05, 3.63) is 0 Å². The topological polar surface area (TPSA) is 211 Å². The predicted molar refractivity (Wildman–Crippen MR) is 96.7 cm³/mol. The molecule has 0 radical (unpaired) electrons. The molecule has 0 aromatic heterocycles. The molecule has 0 unspecified atom stereocenters. The second kappa shape index (κ2) is 12.2. The number of amides is 3. The number of hydrogen-bond acceptors (Lipinski definition) is 8. The van der Waals surface area contributed by atoms with Crippen LogP contribution in [0, 0.1) is 5.92 Å². The molecule has 0 heterocycles. The lowest BCUT2D eigenvalue weighted by molar-refractivity contribution is -0.143. The summed E-state index contributed by atoms with van der Waals surface area (Å²) in [6, 6.07) is -5.50. The third kappa shape index (κ3) is 7.76. The van der Waals surface area contributed by atoms with Gasteiger partial charge in [0.05, 0.1) is 19.3 Å². The third-order valence-corrected chi connectivity index (χ3v) is 4.19. The van der Waals surface area contributed by atoms with Gasteiger partial charge in [-0.15, -0.1) is 0 Å². The van der Waals surface area contributed by atoms with Crippen molar-refractivity contribution in [2.45, 2.75) is 57.5 Å². The maximum Gasteiger partial charge on any atom is 0.328 e. The fourth-order valence-corrected chi connectivity index (χ4v) is 2.14. The maximum atomic E-state index is 12.5. The molecule has 12 heteroatoms. The normalized spacial score (nSPS) is 17.4. The van der Waals surface area contributed by atoms with Gasteiger partial charge in [-0.25, -0.2) is 4.79 Å². The molecule has 0 aliphatic rings. The van der Waals surface area contributed by atoms with E-state index >= 15 is 0 Å². The van der Waals surface area contributed by atoms with Crippen molar-refractivity contribution in [3.8, 4) is 0 Å². The van der Waals surface area contributed by atoms with E-state index in [4.69, 9.17) is 21.1 Å². The Kier molecular flexibility index (Phi) is 11.2. The van der Waals surface area contributed by atoms with Crippen LogP contribution in [0.3, 0.4) is 0 Å². The molecule has 28 heavy (non-hydrogen) atoms. The molecule has 0 aliphatic heterocycles. The summed E-state index contributed by atoms with van der Waals surface area (Å²) in [6.07, 6.45) is -0.907. The fourth-order valence-electron chi connectivity index (χ4n) is 2.14. The number of hydrogen-bond donors (Lipinski definition) is 8. The zero-order valence-corrected chi connectivity index (χ0v) is 16.1. The Morgan fingerprint density at radius 1 is 0.893 bits per heavy atom. The fraction of sp³-hybridized carbons (Fsp3) is 0.750. The van der Waals surface area contributed by atoms with Crippen molar-refractivity contribution in [1.29, 1.82) is 0 Å². The number of aliphatic hydroxyl groups excluding tert-OH is 3. The van der Waals surface area contributed by atoms with Gasteiger partial charge in [0.15, 0.2) is 0 Å². The number of aliphatic hydroxyl groups is 3. The first-order valence-corrected chi connectivity index (χ1v) is 8.79.